The van der Waals surface area contributed by atoms with Gasteiger partial charge in [-0.25, -0.2) is 4.79 Å². The number of rotatable bonds is 7. The Bertz CT molecular complexity index is 1850. The third kappa shape index (κ3) is 5.16. The largest absolute Gasteiger partial charge is 0.489 e. The number of furan rings is 1. The van der Waals surface area contributed by atoms with Gasteiger partial charge in [-0.3, -0.25) is 14.9 Å². The normalized spacial score (nSPS) is 13.2. The highest BCUT2D eigenvalue weighted by Gasteiger charge is 2.29. The van der Waals surface area contributed by atoms with Crippen molar-refractivity contribution >= 4 is 34.5 Å². The van der Waals surface area contributed by atoms with E-state index in [1.807, 2.05) is 30.3 Å². The molecule has 202 valence electrons. The molecule has 0 spiro atoms. The van der Waals surface area contributed by atoms with Crippen molar-refractivity contribution in [2.75, 3.05) is 0 Å². The second kappa shape index (κ2) is 10.5. The fraction of sp³-hybridized carbons (Fsp3) is 0.0625. The third-order valence-corrected chi connectivity index (χ3v) is 6.54. The number of hydrogen-bond donors (Lipinski definition) is 0. The summed E-state index contributed by atoms with van der Waals surface area (Å²) < 4.78 is 23.1. The Labute approximate surface area is 233 Å². The number of nitro benzene ring substituents is 1. The van der Waals surface area contributed by atoms with Crippen molar-refractivity contribution in [3.8, 4) is 17.2 Å². The molecule has 0 saturated heterocycles. The molecule has 0 unspecified atom stereocenters. The maximum Gasteiger partial charge on any atom is 0.347 e. The van der Waals surface area contributed by atoms with E-state index in [9.17, 15) is 19.7 Å². The zero-order valence-electron chi connectivity index (χ0n) is 21.7. The van der Waals surface area contributed by atoms with E-state index in [1.165, 1.54) is 48.5 Å². The van der Waals surface area contributed by atoms with Crippen LogP contribution in [0.4, 0.5) is 5.69 Å². The molecule has 6 rings (SSSR count). The highest BCUT2D eigenvalue weighted by atomic mass is 16.6. The van der Waals surface area contributed by atoms with Gasteiger partial charge in [0.2, 0.25) is 5.78 Å². The van der Waals surface area contributed by atoms with Crippen molar-refractivity contribution < 1.29 is 33.1 Å². The summed E-state index contributed by atoms with van der Waals surface area (Å²) in [7, 11) is 0. The van der Waals surface area contributed by atoms with Gasteiger partial charge >= 0.3 is 5.97 Å². The first-order valence-electron chi connectivity index (χ1n) is 12.6. The van der Waals surface area contributed by atoms with Gasteiger partial charge in [0.15, 0.2) is 5.76 Å². The van der Waals surface area contributed by atoms with E-state index >= 15 is 0 Å². The third-order valence-electron chi connectivity index (χ3n) is 6.54. The number of ketones is 1. The van der Waals surface area contributed by atoms with Gasteiger partial charge in [-0.1, -0.05) is 30.3 Å². The van der Waals surface area contributed by atoms with Crippen molar-refractivity contribution in [1.82, 2.24) is 0 Å². The molecule has 1 aliphatic rings. The number of esters is 1. The number of Topliss-reactive ketones (excluding diaryl/α,β-unsaturated/α-hetero) is 1. The molecule has 9 heteroatoms. The number of hydrogen-bond acceptors (Lipinski definition) is 8. The Morgan fingerprint density at radius 2 is 1.71 bits per heavy atom. The Kier molecular flexibility index (Phi) is 6.52. The summed E-state index contributed by atoms with van der Waals surface area (Å²) in [6.07, 6.45) is 1.50. The number of fused-ring (bicyclic) bond motifs is 2. The maximum atomic E-state index is 13.3. The van der Waals surface area contributed by atoms with Gasteiger partial charge in [0.1, 0.15) is 40.8 Å². The number of allylic oxidation sites excluding steroid dienone is 1. The van der Waals surface area contributed by atoms with Gasteiger partial charge in [0.25, 0.3) is 5.69 Å². The number of non-ortho nitro benzene ring substituents is 1. The number of carbonyl (C=O) groups excluding carboxylic acids is 2. The predicted octanol–water partition coefficient (Wildman–Crippen LogP) is 7.06. The lowest BCUT2D eigenvalue weighted by Gasteiger charge is -2.07. The molecule has 0 saturated carbocycles. The molecule has 1 aromatic heterocycles. The van der Waals surface area contributed by atoms with Crippen LogP contribution in [0, 0.1) is 17.0 Å². The van der Waals surface area contributed by atoms with Gasteiger partial charge in [-0.15, -0.1) is 0 Å². The number of aryl methyl sites for hydroxylation is 1. The summed E-state index contributed by atoms with van der Waals surface area (Å²) in [6, 6.07) is 25.2. The van der Waals surface area contributed by atoms with Crippen molar-refractivity contribution in [2.45, 2.75) is 13.5 Å². The van der Waals surface area contributed by atoms with Crippen molar-refractivity contribution in [3.05, 3.63) is 135 Å². The molecule has 0 N–H and O–H groups in total. The van der Waals surface area contributed by atoms with E-state index in [4.69, 9.17) is 18.6 Å². The van der Waals surface area contributed by atoms with Gasteiger partial charge < -0.3 is 18.6 Å². The molecular weight excluding hydrogens is 526 g/mol. The predicted molar refractivity (Wildman–Crippen MR) is 149 cm³/mol. The van der Waals surface area contributed by atoms with Crippen LogP contribution in [-0.4, -0.2) is 16.7 Å². The molecule has 0 aliphatic carbocycles. The van der Waals surface area contributed by atoms with Crippen LogP contribution in [-0.2, 0) is 6.61 Å². The van der Waals surface area contributed by atoms with Crippen LogP contribution < -0.4 is 14.2 Å². The van der Waals surface area contributed by atoms with Crippen LogP contribution in [0.25, 0.3) is 17.0 Å². The van der Waals surface area contributed by atoms with Gasteiger partial charge in [0, 0.05) is 23.6 Å². The molecule has 0 atom stereocenters. The van der Waals surface area contributed by atoms with E-state index in [0.717, 1.165) is 5.56 Å². The number of benzene rings is 4. The van der Waals surface area contributed by atoms with Gasteiger partial charge in [-0.05, 0) is 66.6 Å². The number of nitro groups is 1. The van der Waals surface area contributed by atoms with Crippen molar-refractivity contribution in [1.29, 1.82) is 0 Å². The van der Waals surface area contributed by atoms with Gasteiger partial charge in [0.05, 0.1) is 10.5 Å². The number of carbonyl (C=O) groups is 2. The number of ether oxygens (including phenoxy) is 3. The smallest absolute Gasteiger partial charge is 0.347 e. The maximum absolute atomic E-state index is 13.3. The summed E-state index contributed by atoms with van der Waals surface area (Å²) in [5.41, 5.74) is 2.61. The fourth-order valence-electron chi connectivity index (χ4n) is 4.52. The highest BCUT2D eigenvalue weighted by molar-refractivity contribution is 6.14. The van der Waals surface area contributed by atoms with Crippen molar-refractivity contribution in [2.24, 2.45) is 0 Å². The molecule has 0 fully saturated rings. The monoisotopic (exact) mass is 547 g/mol. The quantitative estimate of drug-likeness (QED) is 0.0698. The van der Waals surface area contributed by atoms with E-state index in [2.05, 4.69) is 0 Å². The summed E-state index contributed by atoms with van der Waals surface area (Å²) in [6.45, 7) is 2.05. The van der Waals surface area contributed by atoms with Crippen molar-refractivity contribution in [3.63, 3.8) is 0 Å². The SMILES string of the molecule is Cc1oc2ccc(OCc3ccccc3)cc2c1C(=O)Oc1ccc2c(c1)OC(=Cc1ccc([N+](=O)[O-])cc1)C2=O. The fourth-order valence-corrected chi connectivity index (χ4v) is 4.52. The Morgan fingerprint density at radius 1 is 0.951 bits per heavy atom. The molecule has 2 heterocycles. The van der Waals surface area contributed by atoms with Gasteiger partial charge in [-0.2, -0.15) is 0 Å². The molecule has 0 bridgehead atoms. The minimum Gasteiger partial charge on any atom is -0.489 e. The van der Waals surface area contributed by atoms with E-state index in [1.54, 1.807) is 25.1 Å². The zero-order chi connectivity index (χ0) is 28.5. The topological polar surface area (TPSA) is 118 Å². The van der Waals surface area contributed by atoms with E-state index in [0.29, 0.717) is 40.2 Å². The first-order chi connectivity index (χ1) is 19.9. The lowest BCUT2D eigenvalue weighted by Crippen LogP contribution is -2.09. The summed E-state index contributed by atoms with van der Waals surface area (Å²) in [5, 5.41) is 11.4. The van der Waals surface area contributed by atoms with Crippen LogP contribution in [0.15, 0.2) is 101 Å². The zero-order valence-corrected chi connectivity index (χ0v) is 21.7. The molecule has 1 aliphatic heterocycles. The number of nitrogens with zero attached hydrogens (tertiary/aromatic N) is 1. The Hall–Kier alpha value is -5.70. The first-order valence-corrected chi connectivity index (χ1v) is 12.6. The van der Waals surface area contributed by atoms with Crippen LogP contribution in [0.1, 0.15) is 37.6 Å². The second-order valence-electron chi connectivity index (χ2n) is 9.30. The first kappa shape index (κ1) is 25.6. The lowest BCUT2D eigenvalue weighted by molar-refractivity contribution is -0.384. The summed E-state index contributed by atoms with van der Waals surface area (Å²) in [5.74, 6) is 0.460. The molecule has 5 aromatic rings. The van der Waals surface area contributed by atoms with E-state index < -0.39 is 10.9 Å². The Balaban J connectivity index is 1.20. The van der Waals surface area contributed by atoms with Crippen LogP contribution in [0.2, 0.25) is 0 Å². The highest BCUT2D eigenvalue weighted by Crippen LogP contribution is 2.36. The average Bonchev–Trinajstić information content (AvgIpc) is 3.47. The molecule has 0 radical (unpaired) electrons. The van der Waals surface area contributed by atoms with E-state index in [-0.39, 0.29) is 34.3 Å². The molecule has 9 nitrogen and oxygen atoms in total. The summed E-state index contributed by atoms with van der Waals surface area (Å²) >= 11 is 0. The minimum atomic E-state index is -0.632. The molecule has 4 aromatic carbocycles. The Morgan fingerprint density at radius 3 is 2.46 bits per heavy atom. The van der Waals surface area contributed by atoms with Crippen LogP contribution in [0.3, 0.4) is 0 Å². The standard InChI is InChI=1S/C32H21NO8/c1-19-30(26-16-23(12-14-27(26)39-19)38-18-21-5-3-2-4-6-21)32(35)40-24-11-13-25-28(17-24)41-29(31(25)34)15-20-7-9-22(10-8-20)33(36)37/h2-17H,18H2,1H3. The lowest BCUT2D eigenvalue weighted by atomic mass is 10.1. The molecular formula is C32H21NO8. The van der Waals surface area contributed by atoms with Crippen LogP contribution >= 0.6 is 0 Å². The molecule has 0 amide bonds. The van der Waals surface area contributed by atoms with Crippen LogP contribution in [0.5, 0.6) is 17.2 Å². The summed E-state index contributed by atoms with van der Waals surface area (Å²) in [4.78, 5) is 36.5. The second-order valence-corrected chi connectivity index (χ2v) is 9.30. The molecule has 41 heavy (non-hydrogen) atoms. The average molecular weight is 548 g/mol. The minimum absolute atomic E-state index is 0.0528.